The maximum atomic E-state index is 13.3. The Balaban J connectivity index is 1.34. The molecule has 4 aromatic rings. The quantitative estimate of drug-likeness (QED) is 0.463. The summed E-state index contributed by atoms with van der Waals surface area (Å²) in [4.78, 5) is 16.5. The highest BCUT2D eigenvalue weighted by atomic mass is 19.1. The number of carbonyl (C=O) groups excluding carboxylic acids is 1. The van der Waals surface area contributed by atoms with Crippen molar-refractivity contribution in [3.63, 3.8) is 0 Å². The van der Waals surface area contributed by atoms with Gasteiger partial charge in [-0.3, -0.25) is 10.1 Å². The van der Waals surface area contributed by atoms with Crippen LogP contribution in [0.5, 0.6) is 11.5 Å². The van der Waals surface area contributed by atoms with Gasteiger partial charge in [0.05, 0.1) is 13.7 Å². The number of methoxy groups -OCH3 is 1. The molecule has 9 heteroatoms. The Hall–Kier alpha value is -4.14. The molecule has 0 radical (unpaired) electrons. The van der Waals surface area contributed by atoms with Crippen molar-refractivity contribution in [3.05, 3.63) is 89.9 Å². The second kappa shape index (κ2) is 9.12. The Kier molecular flexibility index (Phi) is 5.93. The van der Waals surface area contributed by atoms with E-state index < -0.39 is 5.91 Å². The summed E-state index contributed by atoms with van der Waals surface area (Å²) in [6, 6.07) is 16.6. The number of furan rings is 1. The van der Waals surface area contributed by atoms with E-state index in [1.54, 1.807) is 43.5 Å². The summed E-state index contributed by atoms with van der Waals surface area (Å²) in [6.07, 6.45) is 1.45. The molecule has 2 heterocycles. The molecule has 0 spiro atoms. The van der Waals surface area contributed by atoms with E-state index in [1.165, 1.54) is 23.1 Å². The van der Waals surface area contributed by atoms with Gasteiger partial charge in [-0.15, -0.1) is 5.10 Å². The molecule has 1 N–H and O–H groups in total. The van der Waals surface area contributed by atoms with Gasteiger partial charge in [0.25, 0.3) is 5.91 Å². The van der Waals surface area contributed by atoms with E-state index in [0.717, 1.165) is 5.56 Å². The van der Waals surface area contributed by atoms with E-state index in [-0.39, 0.29) is 24.1 Å². The first kappa shape index (κ1) is 20.1. The number of halogens is 1. The van der Waals surface area contributed by atoms with Crippen molar-refractivity contribution < 1.29 is 23.1 Å². The molecule has 0 unspecified atom stereocenters. The summed E-state index contributed by atoms with van der Waals surface area (Å²) < 4.78 is 31.3. The first-order valence-electron chi connectivity index (χ1n) is 9.40. The lowest BCUT2D eigenvalue weighted by Crippen LogP contribution is -2.12. The molecule has 0 bridgehead atoms. The molecule has 1 amide bonds. The molecular formula is C22H19FN4O4. The fourth-order valence-corrected chi connectivity index (χ4v) is 2.88. The lowest BCUT2D eigenvalue weighted by atomic mass is 10.2. The highest BCUT2D eigenvalue weighted by molar-refractivity contribution is 6.01. The van der Waals surface area contributed by atoms with Gasteiger partial charge in [-0.05, 0) is 42.0 Å². The molecule has 2 aromatic carbocycles. The molecule has 0 saturated heterocycles. The van der Waals surface area contributed by atoms with Gasteiger partial charge >= 0.3 is 0 Å². The Morgan fingerprint density at radius 3 is 2.77 bits per heavy atom. The first-order valence-corrected chi connectivity index (χ1v) is 9.40. The van der Waals surface area contributed by atoms with Crippen molar-refractivity contribution in [1.29, 1.82) is 0 Å². The van der Waals surface area contributed by atoms with Crippen LogP contribution in [0.1, 0.15) is 21.9 Å². The Morgan fingerprint density at radius 2 is 1.97 bits per heavy atom. The van der Waals surface area contributed by atoms with Gasteiger partial charge in [0.15, 0.2) is 17.3 Å². The van der Waals surface area contributed by atoms with E-state index in [0.29, 0.717) is 23.8 Å². The molecule has 0 saturated carbocycles. The minimum absolute atomic E-state index is 0.0973. The van der Waals surface area contributed by atoms with Crippen LogP contribution in [0.2, 0.25) is 0 Å². The number of rotatable bonds is 8. The average Bonchev–Trinajstić information content (AvgIpc) is 3.42. The number of carbonyl (C=O) groups is 1. The van der Waals surface area contributed by atoms with E-state index >= 15 is 0 Å². The van der Waals surface area contributed by atoms with Crippen molar-refractivity contribution in [2.75, 3.05) is 12.4 Å². The van der Waals surface area contributed by atoms with E-state index in [2.05, 4.69) is 15.4 Å². The van der Waals surface area contributed by atoms with E-state index in [1.807, 2.05) is 12.1 Å². The third-order valence-electron chi connectivity index (χ3n) is 4.32. The predicted octanol–water partition coefficient (Wildman–Crippen LogP) is 3.90. The molecule has 4 rings (SSSR count). The molecule has 0 atom stereocenters. The highest BCUT2D eigenvalue weighted by Gasteiger charge is 2.14. The number of benzene rings is 2. The van der Waals surface area contributed by atoms with Crippen molar-refractivity contribution in [2.24, 2.45) is 0 Å². The molecular weight excluding hydrogens is 403 g/mol. The first-order chi connectivity index (χ1) is 15.1. The van der Waals surface area contributed by atoms with Gasteiger partial charge in [0, 0.05) is 0 Å². The van der Waals surface area contributed by atoms with Crippen LogP contribution in [0.15, 0.2) is 71.4 Å². The zero-order chi connectivity index (χ0) is 21.6. The molecule has 31 heavy (non-hydrogen) atoms. The monoisotopic (exact) mass is 422 g/mol. The average molecular weight is 422 g/mol. The van der Waals surface area contributed by atoms with Gasteiger partial charge in [-0.25, -0.2) is 14.1 Å². The smallest absolute Gasteiger partial charge is 0.293 e. The summed E-state index contributed by atoms with van der Waals surface area (Å²) in [6.45, 7) is 0.458. The molecule has 0 aliphatic heterocycles. The zero-order valence-corrected chi connectivity index (χ0v) is 16.6. The second-order valence-electron chi connectivity index (χ2n) is 6.56. The second-order valence-corrected chi connectivity index (χ2v) is 6.56. The molecule has 8 nitrogen and oxygen atoms in total. The Bertz CT molecular complexity index is 1190. The van der Waals surface area contributed by atoms with Gasteiger partial charge in [-0.1, -0.05) is 24.3 Å². The predicted molar refractivity (Wildman–Crippen MR) is 110 cm³/mol. The summed E-state index contributed by atoms with van der Waals surface area (Å²) in [5.41, 5.74) is 0.730. The van der Waals surface area contributed by atoms with Crippen LogP contribution < -0.4 is 14.8 Å². The molecule has 0 aliphatic carbocycles. The van der Waals surface area contributed by atoms with Crippen molar-refractivity contribution >= 4 is 11.9 Å². The van der Waals surface area contributed by atoms with Gasteiger partial charge in [-0.2, -0.15) is 0 Å². The summed E-state index contributed by atoms with van der Waals surface area (Å²) >= 11 is 0. The van der Waals surface area contributed by atoms with Gasteiger partial charge < -0.3 is 13.9 Å². The third kappa shape index (κ3) is 5.08. The highest BCUT2D eigenvalue weighted by Crippen LogP contribution is 2.26. The van der Waals surface area contributed by atoms with Crippen molar-refractivity contribution in [3.8, 4) is 11.5 Å². The number of amides is 1. The Morgan fingerprint density at radius 1 is 1.13 bits per heavy atom. The SMILES string of the molecule is COc1ccccc1OCc1ccc(C(=O)Nc2ncn(Cc3cccc(F)c3)n2)o1. The number of hydrogen-bond donors (Lipinski definition) is 1. The standard InChI is InChI=1S/C22H19FN4O4/c1-29-18-7-2-3-8-19(18)30-13-17-9-10-20(31-17)21(28)25-22-24-14-27(26-22)12-15-5-4-6-16(23)11-15/h2-11,14H,12-13H2,1H3,(H,25,26,28). The number of para-hydroxylation sites is 2. The van der Waals surface area contributed by atoms with Crippen LogP contribution in [-0.4, -0.2) is 27.8 Å². The summed E-state index contributed by atoms with van der Waals surface area (Å²) in [5, 5.41) is 6.74. The minimum Gasteiger partial charge on any atom is -0.493 e. The van der Waals surface area contributed by atoms with Crippen LogP contribution in [-0.2, 0) is 13.2 Å². The number of hydrogen-bond acceptors (Lipinski definition) is 6. The largest absolute Gasteiger partial charge is 0.493 e. The van der Waals surface area contributed by atoms with Crippen LogP contribution >= 0.6 is 0 Å². The van der Waals surface area contributed by atoms with E-state index in [4.69, 9.17) is 13.9 Å². The molecule has 0 fully saturated rings. The maximum absolute atomic E-state index is 13.3. The lowest BCUT2D eigenvalue weighted by molar-refractivity contribution is 0.0991. The zero-order valence-electron chi connectivity index (χ0n) is 16.6. The Labute approximate surface area is 177 Å². The number of nitrogens with one attached hydrogen (secondary N) is 1. The van der Waals surface area contributed by atoms with Crippen LogP contribution in [0.25, 0.3) is 0 Å². The number of anilines is 1. The van der Waals surface area contributed by atoms with Crippen LogP contribution in [0, 0.1) is 5.82 Å². The lowest BCUT2D eigenvalue weighted by Gasteiger charge is -2.08. The maximum Gasteiger partial charge on any atom is 0.293 e. The van der Waals surface area contributed by atoms with Crippen LogP contribution in [0.3, 0.4) is 0 Å². The van der Waals surface area contributed by atoms with Gasteiger partial charge in [0.1, 0.15) is 24.5 Å². The number of aromatic nitrogens is 3. The van der Waals surface area contributed by atoms with Crippen molar-refractivity contribution in [1.82, 2.24) is 14.8 Å². The fourth-order valence-electron chi connectivity index (χ4n) is 2.88. The van der Waals surface area contributed by atoms with Crippen LogP contribution in [0.4, 0.5) is 10.3 Å². The summed E-state index contributed by atoms with van der Waals surface area (Å²) in [7, 11) is 1.56. The fraction of sp³-hybridized carbons (Fsp3) is 0.136. The number of nitrogens with zero attached hydrogens (tertiary/aromatic N) is 3. The van der Waals surface area contributed by atoms with E-state index in [9.17, 15) is 9.18 Å². The molecule has 0 aliphatic rings. The van der Waals surface area contributed by atoms with Gasteiger partial charge in [0.2, 0.25) is 5.95 Å². The third-order valence-corrected chi connectivity index (χ3v) is 4.32. The molecule has 158 valence electrons. The minimum atomic E-state index is -0.493. The molecule has 2 aromatic heterocycles. The topological polar surface area (TPSA) is 91.4 Å². The van der Waals surface area contributed by atoms with Crippen molar-refractivity contribution in [2.45, 2.75) is 13.2 Å². The normalized spacial score (nSPS) is 10.6. The summed E-state index contributed by atoms with van der Waals surface area (Å²) in [5.74, 6) is 1.04. The number of ether oxygens (including phenoxy) is 2.